The van der Waals surface area contributed by atoms with Crippen molar-refractivity contribution in [2.75, 3.05) is 97.6 Å². The second-order valence-corrected chi connectivity index (χ2v) is 13.3. The molecule has 0 aliphatic carbocycles. The number of benzene rings is 3. The Hall–Kier alpha value is -4.81. The maximum Gasteiger partial charge on any atom is 0.251 e. The number of hydrogen-bond acceptors (Lipinski definition) is 13. The molecule has 0 bridgehead atoms. The summed E-state index contributed by atoms with van der Waals surface area (Å²) in [5.74, 6) is 0.453. The fraction of sp³-hybridized carbons (Fsp3) is 0.500. The van der Waals surface area contributed by atoms with Crippen LogP contribution in [0.3, 0.4) is 0 Å². The Morgan fingerprint density at radius 2 is 1.38 bits per heavy atom. The Balaban J connectivity index is 0.854. The summed E-state index contributed by atoms with van der Waals surface area (Å²) in [6.45, 7) is 8.87. The zero-order valence-electron chi connectivity index (χ0n) is 33.4. The van der Waals surface area contributed by atoms with Crippen LogP contribution in [0.25, 0.3) is 11.0 Å². The average Bonchev–Trinajstić information content (AvgIpc) is 3.59. The topological polar surface area (TPSA) is 205 Å². The maximum absolute atomic E-state index is 12.5. The fourth-order valence-electron chi connectivity index (χ4n) is 5.81. The standard InChI is InChI=1S/C42H60N8O8/c43-17-16-34-10-15-40(52)38(32-34)49-48-36-13-11-35(12-14-36)41(53)45-20-7-23-55-25-27-57-29-31-58-30-28-56-26-24-54-22-6-19-44-18-4-1-5-21-50-39-9-3-2-8-37(39)47-42(50)46-33-51/h2-3,8-15,32-33,44,52H,1,4-7,16-31,43H2,(H,45,53)(H,46,47,51). The lowest BCUT2D eigenvalue weighted by Gasteiger charge is -2.09. The number of phenols is 1. The number of rotatable bonds is 33. The van der Waals surface area contributed by atoms with Crippen LogP contribution in [0.2, 0.25) is 0 Å². The highest BCUT2D eigenvalue weighted by atomic mass is 16.6. The Morgan fingerprint density at radius 3 is 2.05 bits per heavy atom. The van der Waals surface area contributed by atoms with Gasteiger partial charge < -0.3 is 49.7 Å². The molecule has 0 aliphatic heterocycles. The first-order valence-electron chi connectivity index (χ1n) is 20.2. The molecule has 0 fully saturated rings. The summed E-state index contributed by atoms with van der Waals surface area (Å²) in [6, 6.07) is 19.8. The Bertz CT molecular complexity index is 1770. The van der Waals surface area contributed by atoms with Crippen LogP contribution in [-0.4, -0.2) is 119 Å². The van der Waals surface area contributed by atoms with Crippen LogP contribution in [0.15, 0.2) is 77.0 Å². The second kappa shape index (κ2) is 28.6. The number of ether oxygens (including phenoxy) is 5. The van der Waals surface area contributed by atoms with Crippen molar-refractivity contribution in [3.8, 4) is 5.75 Å². The minimum absolute atomic E-state index is 0.0393. The van der Waals surface area contributed by atoms with Gasteiger partial charge in [-0.05, 0) is 106 Å². The molecule has 4 rings (SSSR count). The Morgan fingerprint density at radius 1 is 0.741 bits per heavy atom. The van der Waals surface area contributed by atoms with E-state index < -0.39 is 0 Å². The molecule has 3 aromatic carbocycles. The highest BCUT2D eigenvalue weighted by molar-refractivity contribution is 5.94. The first-order chi connectivity index (χ1) is 28.6. The van der Waals surface area contributed by atoms with E-state index in [4.69, 9.17) is 29.4 Å². The lowest BCUT2D eigenvalue weighted by molar-refractivity contribution is -0.105. The van der Waals surface area contributed by atoms with Gasteiger partial charge in [0.15, 0.2) is 0 Å². The van der Waals surface area contributed by atoms with Gasteiger partial charge in [-0.3, -0.25) is 14.9 Å². The van der Waals surface area contributed by atoms with Crippen molar-refractivity contribution in [1.29, 1.82) is 0 Å². The molecule has 0 saturated carbocycles. The van der Waals surface area contributed by atoms with E-state index >= 15 is 0 Å². The van der Waals surface area contributed by atoms with E-state index in [0.717, 1.165) is 61.9 Å². The van der Waals surface area contributed by atoms with Gasteiger partial charge in [-0.2, -0.15) is 5.11 Å². The number of para-hydroxylation sites is 2. The smallest absolute Gasteiger partial charge is 0.251 e. The fourth-order valence-corrected chi connectivity index (χ4v) is 5.81. The van der Waals surface area contributed by atoms with Gasteiger partial charge in [0, 0.05) is 31.9 Å². The summed E-state index contributed by atoms with van der Waals surface area (Å²) in [5, 5.41) is 27.4. The highest BCUT2D eigenvalue weighted by Gasteiger charge is 2.10. The van der Waals surface area contributed by atoms with Gasteiger partial charge in [0.2, 0.25) is 12.4 Å². The number of phenolic OH excluding ortho intramolecular Hbond substituents is 1. The number of nitrogens with zero attached hydrogens (tertiary/aromatic N) is 4. The van der Waals surface area contributed by atoms with E-state index in [1.165, 1.54) is 0 Å². The van der Waals surface area contributed by atoms with Crippen LogP contribution in [0.5, 0.6) is 5.75 Å². The summed E-state index contributed by atoms with van der Waals surface area (Å²) >= 11 is 0. The summed E-state index contributed by atoms with van der Waals surface area (Å²) < 4.78 is 29.9. The minimum Gasteiger partial charge on any atom is -0.506 e. The number of carbonyl (C=O) groups excluding carboxylic acids is 2. The lowest BCUT2D eigenvalue weighted by atomic mass is 10.1. The molecule has 2 amide bonds. The number of nitrogens with one attached hydrogen (secondary N) is 3. The highest BCUT2D eigenvalue weighted by Crippen LogP contribution is 2.29. The van der Waals surface area contributed by atoms with E-state index in [9.17, 15) is 14.7 Å². The van der Waals surface area contributed by atoms with Crippen molar-refractivity contribution >= 4 is 40.7 Å². The van der Waals surface area contributed by atoms with Crippen molar-refractivity contribution in [2.45, 2.75) is 45.1 Å². The van der Waals surface area contributed by atoms with Crippen molar-refractivity contribution < 1.29 is 38.4 Å². The van der Waals surface area contributed by atoms with Gasteiger partial charge >= 0.3 is 0 Å². The molecule has 0 aliphatic rings. The monoisotopic (exact) mass is 804 g/mol. The summed E-state index contributed by atoms with van der Waals surface area (Å²) in [5.41, 5.74) is 9.94. The van der Waals surface area contributed by atoms with Gasteiger partial charge in [0.1, 0.15) is 11.4 Å². The molecular formula is C42H60N8O8. The number of nitrogens with two attached hydrogens (primary N) is 1. The van der Waals surface area contributed by atoms with Crippen LogP contribution in [0, 0.1) is 0 Å². The Kier molecular flexibility index (Phi) is 22.6. The number of azo groups is 1. The second-order valence-electron chi connectivity index (χ2n) is 13.3. The quantitative estimate of drug-likeness (QED) is 0.0238. The van der Waals surface area contributed by atoms with Crippen LogP contribution >= 0.6 is 0 Å². The predicted molar refractivity (Wildman–Crippen MR) is 223 cm³/mol. The first-order valence-corrected chi connectivity index (χ1v) is 20.2. The van der Waals surface area contributed by atoms with E-state index in [2.05, 4.69) is 35.7 Å². The number of aromatic nitrogens is 2. The Labute approximate surface area is 340 Å². The van der Waals surface area contributed by atoms with Crippen LogP contribution < -0.4 is 21.7 Å². The number of carbonyl (C=O) groups is 2. The predicted octanol–water partition coefficient (Wildman–Crippen LogP) is 5.28. The lowest BCUT2D eigenvalue weighted by Crippen LogP contribution is -2.25. The van der Waals surface area contributed by atoms with E-state index in [1.54, 1.807) is 42.5 Å². The number of imidazole rings is 1. The number of amides is 2. The van der Waals surface area contributed by atoms with E-state index in [-0.39, 0.29) is 11.7 Å². The van der Waals surface area contributed by atoms with Crippen molar-refractivity contribution in [3.63, 3.8) is 0 Å². The van der Waals surface area contributed by atoms with Crippen molar-refractivity contribution in [1.82, 2.24) is 20.2 Å². The molecule has 0 spiro atoms. The van der Waals surface area contributed by atoms with Gasteiger partial charge in [-0.1, -0.05) is 24.6 Å². The van der Waals surface area contributed by atoms with E-state index in [1.807, 2.05) is 24.3 Å². The first kappa shape index (κ1) is 45.9. The molecule has 0 saturated heterocycles. The normalized spacial score (nSPS) is 11.5. The van der Waals surface area contributed by atoms with Crippen LogP contribution in [0.4, 0.5) is 17.3 Å². The molecule has 16 nitrogen and oxygen atoms in total. The summed E-state index contributed by atoms with van der Waals surface area (Å²) in [4.78, 5) is 27.9. The summed E-state index contributed by atoms with van der Waals surface area (Å²) in [7, 11) is 0. The molecule has 1 heterocycles. The zero-order valence-corrected chi connectivity index (χ0v) is 33.4. The SMILES string of the molecule is NCCc1ccc(O)c(N=Nc2ccc(C(=O)NCCCOCCOCCOCCOCCOCCCNCCCCCn3c(NC=O)nc4ccccc43)cc2)c1. The third kappa shape index (κ3) is 17.8. The minimum atomic E-state index is -0.181. The van der Waals surface area contributed by atoms with E-state index in [0.29, 0.717) is 121 Å². The molecule has 0 atom stereocenters. The molecule has 58 heavy (non-hydrogen) atoms. The van der Waals surface area contributed by atoms with Crippen molar-refractivity contribution in [2.24, 2.45) is 16.0 Å². The zero-order chi connectivity index (χ0) is 40.9. The molecular weight excluding hydrogens is 745 g/mol. The number of hydrogen-bond donors (Lipinski definition) is 5. The molecule has 316 valence electrons. The van der Waals surface area contributed by atoms with Gasteiger partial charge in [-0.15, -0.1) is 5.11 Å². The van der Waals surface area contributed by atoms with Crippen LogP contribution in [0.1, 0.15) is 48.0 Å². The summed E-state index contributed by atoms with van der Waals surface area (Å²) in [6.07, 6.45) is 6.16. The largest absolute Gasteiger partial charge is 0.506 e. The average molecular weight is 805 g/mol. The molecule has 16 heteroatoms. The molecule has 0 radical (unpaired) electrons. The number of aryl methyl sites for hydroxylation is 1. The third-order valence-corrected chi connectivity index (χ3v) is 8.83. The molecule has 1 aromatic heterocycles. The number of aromatic hydroxyl groups is 1. The molecule has 0 unspecified atom stereocenters. The number of fused-ring (bicyclic) bond motifs is 1. The maximum atomic E-state index is 12.5. The van der Waals surface area contributed by atoms with Crippen LogP contribution in [-0.2, 0) is 41.4 Å². The number of unbranched alkanes of at least 4 members (excludes halogenated alkanes) is 2. The molecule has 6 N–H and O–H groups in total. The van der Waals surface area contributed by atoms with Gasteiger partial charge in [-0.25, -0.2) is 4.98 Å². The van der Waals surface area contributed by atoms with Gasteiger partial charge in [0.05, 0.1) is 69.6 Å². The molecule has 4 aromatic rings. The van der Waals surface area contributed by atoms with Crippen molar-refractivity contribution in [3.05, 3.63) is 77.9 Å². The third-order valence-electron chi connectivity index (χ3n) is 8.83. The van der Waals surface area contributed by atoms with Gasteiger partial charge in [0.25, 0.3) is 5.91 Å². The number of anilines is 1.